The minimum atomic E-state index is -5.01. The summed E-state index contributed by atoms with van der Waals surface area (Å²) in [5.41, 5.74) is -1.21. The first-order valence-corrected chi connectivity index (χ1v) is 7.67. The lowest BCUT2D eigenvalue weighted by atomic mass is 10.2. The van der Waals surface area contributed by atoms with Gasteiger partial charge in [-0.1, -0.05) is 6.07 Å². The summed E-state index contributed by atoms with van der Waals surface area (Å²) in [5, 5.41) is 2.50. The van der Waals surface area contributed by atoms with Crippen molar-refractivity contribution in [3.05, 3.63) is 41.6 Å². The average Bonchev–Trinajstić information content (AvgIpc) is 2.59. The number of nitrogens with one attached hydrogen (secondary N) is 1. The van der Waals surface area contributed by atoms with Crippen LogP contribution in [0.25, 0.3) is 0 Å². The molecule has 0 saturated carbocycles. The molecule has 152 valence electrons. The fraction of sp³-hybridized carbons (Fsp3) is 0.312. The summed E-state index contributed by atoms with van der Waals surface area (Å²) in [7, 11) is 0. The fourth-order valence-corrected chi connectivity index (χ4v) is 1.95. The summed E-state index contributed by atoms with van der Waals surface area (Å²) in [5.74, 6) is -2.36. The topological polar surface area (TPSA) is 73.3 Å². The molecule has 0 aliphatic carbocycles. The van der Waals surface area contributed by atoms with E-state index in [1.165, 1.54) is 24.3 Å². The van der Waals surface area contributed by atoms with E-state index in [1.807, 2.05) is 0 Å². The lowest BCUT2D eigenvalue weighted by molar-refractivity contribution is -0.159. The Morgan fingerprint density at radius 2 is 1.89 bits per heavy atom. The van der Waals surface area contributed by atoms with E-state index in [1.54, 1.807) is 6.92 Å². The van der Waals surface area contributed by atoms with Gasteiger partial charge < -0.3 is 14.8 Å². The predicted molar refractivity (Wildman–Crippen MR) is 84.3 cm³/mol. The van der Waals surface area contributed by atoms with Crippen LogP contribution in [0.5, 0.6) is 5.88 Å². The van der Waals surface area contributed by atoms with Gasteiger partial charge in [-0.3, -0.25) is 0 Å². The normalized spacial score (nSPS) is 11.8. The Hall–Kier alpha value is -3.05. The van der Waals surface area contributed by atoms with Gasteiger partial charge in [-0.2, -0.15) is 31.3 Å². The zero-order valence-corrected chi connectivity index (χ0v) is 14.2. The zero-order valence-electron chi connectivity index (χ0n) is 14.2. The highest BCUT2D eigenvalue weighted by Gasteiger charge is 2.38. The molecule has 0 atom stereocenters. The van der Waals surface area contributed by atoms with Gasteiger partial charge in [0, 0.05) is 11.9 Å². The number of esters is 1. The van der Waals surface area contributed by atoms with Gasteiger partial charge >= 0.3 is 18.3 Å². The van der Waals surface area contributed by atoms with E-state index in [0.29, 0.717) is 6.20 Å². The summed E-state index contributed by atoms with van der Waals surface area (Å²) in [6.45, 7) is -0.207. The second-order valence-corrected chi connectivity index (χ2v) is 5.24. The largest absolute Gasteiger partial charge is 0.467 e. The first kappa shape index (κ1) is 21.3. The smallest absolute Gasteiger partial charge is 0.423 e. The molecule has 1 N–H and O–H groups in total. The summed E-state index contributed by atoms with van der Waals surface area (Å²) in [6, 6.07) is 5.66. The van der Waals surface area contributed by atoms with Crippen molar-refractivity contribution in [1.29, 1.82) is 0 Å². The molecule has 12 heteroatoms. The van der Waals surface area contributed by atoms with Gasteiger partial charge in [0.2, 0.25) is 11.8 Å². The molecule has 0 unspecified atom stereocenters. The van der Waals surface area contributed by atoms with Crippen molar-refractivity contribution >= 4 is 17.6 Å². The molecule has 0 spiro atoms. The number of hydrogen-bond acceptors (Lipinski definition) is 6. The van der Waals surface area contributed by atoms with Crippen molar-refractivity contribution in [1.82, 2.24) is 9.97 Å². The molecule has 0 aliphatic rings. The summed E-state index contributed by atoms with van der Waals surface area (Å²) in [6.07, 6.45) is -9.56. The molecule has 0 radical (unpaired) electrons. The quantitative estimate of drug-likeness (QED) is 0.565. The number of halogens is 6. The number of aromatic nitrogens is 2. The number of nitrogens with zero attached hydrogens (tertiary/aromatic N) is 2. The molecule has 2 aromatic rings. The van der Waals surface area contributed by atoms with Gasteiger partial charge in [-0.05, 0) is 25.1 Å². The minimum absolute atomic E-state index is 0.137. The number of ether oxygens (including phenoxy) is 2. The van der Waals surface area contributed by atoms with Crippen molar-refractivity contribution in [3.8, 4) is 5.88 Å². The average molecular weight is 409 g/mol. The highest BCUT2D eigenvalue weighted by molar-refractivity contribution is 5.90. The Morgan fingerprint density at radius 3 is 2.50 bits per heavy atom. The maximum atomic E-state index is 12.9. The maximum Gasteiger partial charge on any atom is 0.423 e. The predicted octanol–water partition coefficient (Wildman–Crippen LogP) is 4.36. The van der Waals surface area contributed by atoms with E-state index in [-0.39, 0.29) is 17.9 Å². The van der Waals surface area contributed by atoms with E-state index >= 15 is 0 Å². The van der Waals surface area contributed by atoms with E-state index < -0.39 is 42.3 Å². The second-order valence-electron chi connectivity index (χ2n) is 5.24. The van der Waals surface area contributed by atoms with Gasteiger partial charge in [0.25, 0.3) is 0 Å². The van der Waals surface area contributed by atoms with Gasteiger partial charge in [-0.25, -0.2) is 9.78 Å². The van der Waals surface area contributed by atoms with Crippen molar-refractivity contribution in [2.75, 3.05) is 18.5 Å². The highest BCUT2D eigenvalue weighted by atomic mass is 19.4. The summed E-state index contributed by atoms with van der Waals surface area (Å²) in [4.78, 5) is 18.5. The highest BCUT2D eigenvalue weighted by Crippen LogP contribution is 2.36. The van der Waals surface area contributed by atoms with Crippen molar-refractivity contribution < 1.29 is 40.6 Å². The fourth-order valence-electron chi connectivity index (χ4n) is 1.95. The Balaban J connectivity index is 2.29. The molecule has 1 aromatic heterocycles. The molecule has 0 saturated heterocycles. The minimum Gasteiger partial charge on any atom is -0.467 e. The van der Waals surface area contributed by atoms with E-state index in [4.69, 9.17) is 4.74 Å². The molecule has 0 aliphatic heterocycles. The van der Waals surface area contributed by atoms with Crippen LogP contribution in [0.4, 0.5) is 38.0 Å². The van der Waals surface area contributed by atoms with Crippen LogP contribution < -0.4 is 10.1 Å². The number of carbonyl (C=O) groups excluding carboxylic acids is 1. The van der Waals surface area contributed by atoms with Crippen LogP contribution in [0.15, 0.2) is 30.5 Å². The van der Waals surface area contributed by atoms with E-state index in [0.717, 1.165) is 0 Å². The lowest BCUT2D eigenvalue weighted by Gasteiger charge is -2.15. The summed E-state index contributed by atoms with van der Waals surface area (Å²) >= 11 is 0. The Labute approximate surface area is 154 Å². The third-order valence-electron chi connectivity index (χ3n) is 3.06. The summed E-state index contributed by atoms with van der Waals surface area (Å²) < 4.78 is 84.7. The van der Waals surface area contributed by atoms with Crippen molar-refractivity contribution in [2.45, 2.75) is 19.3 Å². The number of alkyl halides is 6. The second kappa shape index (κ2) is 8.31. The van der Waals surface area contributed by atoms with Crippen LogP contribution in [-0.2, 0) is 10.9 Å². The van der Waals surface area contributed by atoms with Gasteiger partial charge in [0.05, 0.1) is 12.2 Å². The van der Waals surface area contributed by atoms with Crippen molar-refractivity contribution in [2.24, 2.45) is 0 Å². The van der Waals surface area contributed by atoms with Crippen LogP contribution in [0.2, 0.25) is 0 Å². The Kier molecular flexibility index (Phi) is 6.31. The maximum absolute atomic E-state index is 12.9. The molecule has 28 heavy (non-hydrogen) atoms. The molecule has 1 aromatic carbocycles. The molecule has 0 amide bonds. The Morgan fingerprint density at radius 1 is 1.18 bits per heavy atom. The zero-order chi connectivity index (χ0) is 20.9. The molecular weight excluding hydrogens is 396 g/mol. The molecule has 1 heterocycles. The van der Waals surface area contributed by atoms with Gasteiger partial charge in [0.1, 0.15) is 5.56 Å². The van der Waals surface area contributed by atoms with E-state index in [9.17, 15) is 31.1 Å². The van der Waals surface area contributed by atoms with Crippen LogP contribution >= 0.6 is 0 Å². The SMILES string of the molecule is CCOC(=O)c1cccc(Nc2ncc(C(F)(F)F)c(OCC(F)(F)F)n2)c1. The molecule has 2 rings (SSSR count). The Bertz CT molecular complexity index is 839. The first-order valence-electron chi connectivity index (χ1n) is 7.67. The molecule has 6 nitrogen and oxygen atoms in total. The lowest BCUT2D eigenvalue weighted by Crippen LogP contribution is -2.22. The van der Waals surface area contributed by atoms with Crippen LogP contribution in [0, 0.1) is 0 Å². The third-order valence-corrected chi connectivity index (χ3v) is 3.06. The number of benzene rings is 1. The standard InChI is InChI=1S/C16H13F6N3O3/c1-2-27-13(26)9-4-3-5-10(6-9)24-14-23-7-11(16(20,21)22)12(25-14)28-8-15(17,18)19/h3-7H,2,8H2,1H3,(H,23,24,25). The van der Waals surface area contributed by atoms with E-state index in [2.05, 4.69) is 20.0 Å². The van der Waals surface area contributed by atoms with Crippen LogP contribution in [0.3, 0.4) is 0 Å². The van der Waals surface area contributed by atoms with Crippen molar-refractivity contribution in [3.63, 3.8) is 0 Å². The number of rotatable bonds is 6. The third kappa shape index (κ3) is 5.99. The number of carbonyl (C=O) groups is 1. The van der Waals surface area contributed by atoms with Gasteiger partial charge in [0.15, 0.2) is 6.61 Å². The van der Waals surface area contributed by atoms with Crippen LogP contribution in [0.1, 0.15) is 22.8 Å². The molecular formula is C16H13F6N3O3. The number of hydrogen-bond donors (Lipinski definition) is 1. The first-order chi connectivity index (χ1) is 13.0. The molecule has 0 fully saturated rings. The monoisotopic (exact) mass is 409 g/mol. The molecule has 0 bridgehead atoms. The number of anilines is 2. The van der Waals surface area contributed by atoms with Crippen LogP contribution in [-0.4, -0.2) is 35.3 Å². The van der Waals surface area contributed by atoms with Gasteiger partial charge in [-0.15, -0.1) is 0 Å².